The predicted octanol–water partition coefficient (Wildman–Crippen LogP) is 3.32. The van der Waals surface area contributed by atoms with Crippen molar-refractivity contribution in [3.05, 3.63) is 65.5 Å². The topological polar surface area (TPSA) is 92.2 Å². The first kappa shape index (κ1) is 18.7. The molecule has 1 fully saturated rings. The van der Waals surface area contributed by atoms with Gasteiger partial charge in [0.05, 0.1) is 18.7 Å². The molecule has 7 nitrogen and oxygen atoms in total. The number of hydrogen-bond donors (Lipinski definition) is 0. The van der Waals surface area contributed by atoms with Crippen molar-refractivity contribution in [1.82, 2.24) is 15.0 Å². The van der Waals surface area contributed by atoms with Crippen LogP contribution in [0.25, 0.3) is 11.5 Å². The van der Waals surface area contributed by atoms with Gasteiger partial charge in [0.1, 0.15) is 5.75 Å². The molecule has 1 atom stereocenters. The van der Waals surface area contributed by atoms with Crippen LogP contribution >= 0.6 is 0 Å². The van der Waals surface area contributed by atoms with Crippen LogP contribution < -0.4 is 4.74 Å². The van der Waals surface area contributed by atoms with E-state index in [-0.39, 0.29) is 11.8 Å². The van der Waals surface area contributed by atoms with Crippen LogP contribution in [0.1, 0.15) is 28.2 Å². The van der Waals surface area contributed by atoms with E-state index in [1.807, 2.05) is 29.2 Å². The van der Waals surface area contributed by atoms with Gasteiger partial charge >= 0.3 is 0 Å². The van der Waals surface area contributed by atoms with Crippen LogP contribution in [-0.4, -0.2) is 41.1 Å². The van der Waals surface area contributed by atoms with Gasteiger partial charge in [-0.1, -0.05) is 11.2 Å². The highest BCUT2D eigenvalue weighted by Gasteiger charge is 2.28. The van der Waals surface area contributed by atoms with Crippen molar-refractivity contribution < 1.29 is 14.1 Å². The minimum absolute atomic E-state index is 0.0448. The molecule has 146 valence electrons. The van der Waals surface area contributed by atoms with E-state index in [0.29, 0.717) is 42.4 Å². The summed E-state index contributed by atoms with van der Waals surface area (Å²) in [5.74, 6) is 2.11. The van der Waals surface area contributed by atoms with Crippen LogP contribution in [0.4, 0.5) is 0 Å². The van der Waals surface area contributed by atoms with E-state index in [9.17, 15) is 4.79 Å². The maximum atomic E-state index is 12.7. The minimum Gasteiger partial charge on any atom is -0.497 e. The Morgan fingerprint density at radius 1 is 1.31 bits per heavy atom. The number of carbonyl (C=O) groups excluding carboxylic acids is 1. The average Bonchev–Trinajstić information content (AvgIpc) is 3.43. The third-order valence-corrected chi connectivity index (χ3v) is 5.09. The molecule has 1 amide bonds. The van der Waals surface area contributed by atoms with Gasteiger partial charge in [0, 0.05) is 30.6 Å². The number of aromatic nitrogens is 2. The van der Waals surface area contributed by atoms with Gasteiger partial charge in [-0.3, -0.25) is 4.79 Å². The highest BCUT2D eigenvalue weighted by molar-refractivity contribution is 5.94. The lowest BCUT2D eigenvalue weighted by Crippen LogP contribution is -2.29. The van der Waals surface area contributed by atoms with Gasteiger partial charge in [-0.15, -0.1) is 0 Å². The average molecular weight is 388 g/mol. The Bertz CT molecular complexity index is 1050. The smallest absolute Gasteiger partial charge is 0.257 e. The Balaban J connectivity index is 1.38. The van der Waals surface area contributed by atoms with Crippen molar-refractivity contribution in [3.8, 4) is 23.3 Å². The molecule has 0 saturated carbocycles. The van der Waals surface area contributed by atoms with E-state index in [4.69, 9.17) is 14.5 Å². The molecule has 2 aromatic carbocycles. The largest absolute Gasteiger partial charge is 0.497 e. The first-order chi connectivity index (χ1) is 14.2. The van der Waals surface area contributed by atoms with Crippen LogP contribution in [0.2, 0.25) is 0 Å². The van der Waals surface area contributed by atoms with Crippen LogP contribution in [0, 0.1) is 17.2 Å². The van der Waals surface area contributed by atoms with E-state index in [0.717, 1.165) is 17.7 Å². The molecule has 1 aromatic heterocycles. The first-order valence-corrected chi connectivity index (χ1v) is 9.42. The third-order valence-electron chi connectivity index (χ3n) is 5.09. The molecular weight excluding hydrogens is 368 g/mol. The van der Waals surface area contributed by atoms with Crippen molar-refractivity contribution in [2.45, 2.75) is 12.8 Å². The number of nitriles is 1. The predicted molar refractivity (Wildman–Crippen MR) is 105 cm³/mol. The molecule has 1 unspecified atom stereocenters. The van der Waals surface area contributed by atoms with Gasteiger partial charge in [0.2, 0.25) is 0 Å². The highest BCUT2D eigenvalue weighted by atomic mass is 16.5. The molecule has 1 saturated heterocycles. The summed E-state index contributed by atoms with van der Waals surface area (Å²) in [7, 11) is 1.62. The molecule has 0 spiro atoms. The van der Waals surface area contributed by atoms with E-state index < -0.39 is 0 Å². The molecule has 0 radical (unpaired) electrons. The molecule has 7 heteroatoms. The zero-order valence-electron chi connectivity index (χ0n) is 16.0. The van der Waals surface area contributed by atoms with Crippen molar-refractivity contribution in [3.63, 3.8) is 0 Å². The molecule has 0 aliphatic carbocycles. The fraction of sp³-hybridized carbons (Fsp3) is 0.273. The Morgan fingerprint density at radius 2 is 2.14 bits per heavy atom. The molecule has 0 bridgehead atoms. The number of carbonyl (C=O) groups is 1. The zero-order chi connectivity index (χ0) is 20.2. The number of nitrogens with zero attached hydrogens (tertiary/aromatic N) is 4. The van der Waals surface area contributed by atoms with Crippen molar-refractivity contribution in [2.24, 2.45) is 5.92 Å². The van der Waals surface area contributed by atoms with Crippen LogP contribution in [0.3, 0.4) is 0 Å². The highest BCUT2D eigenvalue weighted by Crippen LogP contribution is 2.24. The molecule has 4 rings (SSSR count). The second-order valence-electron chi connectivity index (χ2n) is 7.05. The number of ether oxygens (including phenoxy) is 1. The summed E-state index contributed by atoms with van der Waals surface area (Å²) in [6.45, 7) is 1.32. The quantitative estimate of drug-likeness (QED) is 0.666. The van der Waals surface area contributed by atoms with Crippen molar-refractivity contribution in [2.75, 3.05) is 20.2 Å². The number of methoxy groups -OCH3 is 1. The Hall–Kier alpha value is -3.66. The van der Waals surface area contributed by atoms with E-state index in [2.05, 4.69) is 16.2 Å². The number of rotatable bonds is 5. The molecule has 2 heterocycles. The van der Waals surface area contributed by atoms with Crippen molar-refractivity contribution >= 4 is 5.91 Å². The molecule has 3 aromatic rings. The second kappa shape index (κ2) is 8.15. The number of amides is 1. The lowest BCUT2D eigenvalue weighted by Gasteiger charge is -2.16. The minimum atomic E-state index is -0.0448. The number of hydrogen-bond acceptors (Lipinski definition) is 6. The maximum Gasteiger partial charge on any atom is 0.257 e. The summed E-state index contributed by atoms with van der Waals surface area (Å²) in [6, 6.07) is 16.3. The monoisotopic (exact) mass is 388 g/mol. The molecule has 29 heavy (non-hydrogen) atoms. The fourth-order valence-electron chi connectivity index (χ4n) is 3.53. The fourth-order valence-corrected chi connectivity index (χ4v) is 3.53. The molecule has 1 aliphatic rings. The molecule has 1 aliphatic heterocycles. The SMILES string of the molecule is COc1ccc(-c2nc(CC3CCN(C(=O)c4cccc(C#N)c4)C3)no2)cc1. The van der Waals surface area contributed by atoms with Crippen LogP contribution in [-0.2, 0) is 6.42 Å². The maximum absolute atomic E-state index is 12.7. The van der Waals surface area contributed by atoms with E-state index in [1.165, 1.54) is 0 Å². The summed E-state index contributed by atoms with van der Waals surface area (Å²) in [4.78, 5) is 19.0. The third kappa shape index (κ3) is 4.11. The normalized spacial score (nSPS) is 15.9. The standard InChI is InChI=1S/C22H20N4O3/c1-28-19-7-5-17(6-8-19)21-24-20(25-29-21)12-16-9-10-26(14-16)22(27)18-4-2-3-15(11-18)13-23/h2-8,11,16H,9-10,12,14H2,1H3. The van der Waals surface area contributed by atoms with E-state index >= 15 is 0 Å². The summed E-state index contributed by atoms with van der Waals surface area (Å²) < 4.78 is 10.5. The van der Waals surface area contributed by atoms with Gasteiger partial charge in [-0.25, -0.2) is 0 Å². The molecule has 0 N–H and O–H groups in total. The summed E-state index contributed by atoms with van der Waals surface area (Å²) in [5.41, 5.74) is 1.88. The summed E-state index contributed by atoms with van der Waals surface area (Å²) in [6.07, 6.45) is 1.54. The van der Waals surface area contributed by atoms with Gasteiger partial charge in [-0.05, 0) is 54.8 Å². The number of likely N-dealkylation sites (tertiary alicyclic amines) is 1. The lowest BCUT2D eigenvalue weighted by molar-refractivity contribution is 0.0787. The Labute approximate surface area is 168 Å². The lowest BCUT2D eigenvalue weighted by atomic mass is 10.0. The van der Waals surface area contributed by atoms with Gasteiger partial charge in [-0.2, -0.15) is 10.2 Å². The first-order valence-electron chi connectivity index (χ1n) is 9.42. The van der Waals surface area contributed by atoms with E-state index in [1.54, 1.807) is 31.4 Å². The van der Waals surface area contributed by atoms with Gasteiger partial charge in [0.25, 0.3) is 11.8 Å². The Morgan fingerprint density at radius 3 is 2.90 bits per heavy atom. The summed E-state index contributed by atoms with van der Waals surface area (Å²) in [5, 5.41) is 13.1. The van der Waals surface area contributed by atoms with Gasteiger partial charge < -0.3 is 14.2 Å². The second-order valence-corrected chi connectivity index (χ2v) is 7.05. The molecular formula is C22H20N4O3. The van der Waals surface area contributed by atoms with Crippen LogP contribution in [0.5, 0.6) is 5.75 Å². The number of benzene rings is 2. The summed E-state index contributed by atoms with van der Waals surface area (Å²) >= 11 is 0. The zero-order valence-corrected chi connectivity index (χ0v) is 16.0. The van der Waals surface area contributed by atoms with Gasteiger partial charge in [0.15, 0.2) is 5.82 Å². The van der Waals surface area contributed by atoms with Crippen molar-refractivity contribution in [1.29, 1.82) is 5.26 Å². The Kier molecular flexibility index (Phi) is 5.25. The van der Waals surface area contributed by atoms with Crippen LogP contribution in [0.15, 0.2) is 53.1 Å².